The van der Waals surface area contributed by atoms with Crippen molar-refractivity contribution in [2.24, 2.45) is 0 Å². The highest BCUT2D eigenvalue weighted by Crippen LogP contribution is 2.40. The average Bonchev–Trinajstić information content (AvgIpc) is 2.99. The molecule has 0 bridgehead atoms. The summed E-state index contributed by atoms with van der Waals surface area (Å²) in [4.78, 5) is 33.3. The lowest BCUT2D eigenvalue weighted by Gasteiger charge is -2.34. The number of anilines is 1. The Morgan fingerprint density at radius 2 is 1.59 bits per heavy atom. The average molecular weight is 434 g/mol. The SMILES string of the molecule is Cc1ccc(C2=C(N3CCN(C)CC3)C(=O)N(c3ccccc3OC(C)C)C2=O)c(C)c1. The monoisotopic (exact) mass is 433 g/mol. The van der Waals surface area contributed by atoms with Crippen LogP contribution in [-0.2, 0) is 9.59 Å². The summed E-state index contributed by atoms with van der Waals surface area (Å²) >= 11 is 0. The maximum Gasteiger partial charge on any atom is 0.282 e. The lowest BCUT2D eigenvalue weighted by atomic mass is 9.97. The van der Waals surface area contributed by atoms with Gasteiger partial charge < -0.3 is 14.5 Å². The van der Waals surface area contributed by atoms with Crippen molar-refractivity contribution in [1.29, 1.82) is 0 Å². The minimum Gasteiger partial charge on any atom is -0.489 e. The van der Waals surface area contributed by atoms with Crippen molar-refractivity contribution >= 4 is 23.1 Å². The number of para-hydroxylation sites is 2. The number of ether oxygens (including phenoxy) is 1. The summed E-state index contributed by atoms with van der Waals surface area (Å²) in [5.41, 5.74) is 4.39. The van der Waals surface area contributed by atoms with E-state index in [1.54, 1.807) is 12.1 Å². The van der Waals surface area contributed by atoms with Gasteiger partial charge in [0.2, 0.25) is 0 Å². The Balaban J connectivity index is 1.84. The first kappa shape index (κ1) is 22.1. The predicted octanol–water partition coefficient (Wildman–Crippen LogP) is 3.62. The van der Waals surface area contributed by atoms with Crippen LogP contribution in [0.2, 0.25) is 0 Å². The van der Waals surface area contributed by atoms with E-state index >= 15 is 0 Å². The van der Waals surface area contributed by atoms with Crippen LogP contribution >= 0.6 is 0 Å². The minimum absolute atomic E-state index is 0.0761. The Hall–Kier alpha value is -3.12. The standard InChI is InChI=1S/C26H31N3O3/c1-17(2)32-22-9-7-6-8-21(22)29-25(30)23(20-11-10-18(3)16-19(20)4)24(26(29)31)28-14-12-27(5)13-15-28/h6-11,16-17H,12-15H2,1-5H3. The number of rotatable bonds is 5. The molecule has 0 spiro atoms. The Kier molecular flexibility index (Phi) is 6.07. The number of nitrogens with zero attached hydrogens (tertiary/aromatic N) is 3. The van der Waals surface area contributed by atoms with Gasteiger partial charge in [-0.15, -0.1) is 0 Å². The molecule has 168 valence electrons. The molecule has 2 aromatic carbocycles. The molecule has 0 unspecified atom stereocenters. The minimum atomic E-state index is -0.296. The molecular weight excluding hydrogens is 402 g/mol. The normalized spacial score (nSPS) is 17.7. The largest absolute Gasteiger partial charge is 0.489 e. The number of carbonyl (C=O) groups is 2. The van der Waals surface area contributed by atoms with E-state index in [0.29, 0.717) is 35.8 Å². The van der Waals surface area contributed by atoms with Crippen molar-refractivity contribution in [2.75, 3.05) is 38.1 Å². The topological polar surface area (TPSA) is 53.1 Å². The fraction of sp³-hybridized carbons (Fsp3) is 0.385. The zero-order valence-corrected chi connectivity index (χ0v) is 19.5. The van der Waals surface area contributed by atoms with E-state index < -0.39 is 0 Å². The molecule has 32 heavy (non-hydrogen) atoms. The first-order valence-corrected chi connectivity index (χ1v) is 11.2. The number of imide groups is 1. The summed E-state index contributed by atoms with van der Waals surface area (Å²) in [6, 6.07) is 13.3. The van der Waals surface area contributed by atoms with Gasteiger partial charge in [-0.1, -0.05) is 35.9 Å². The van der Waals surface area contributed by atoms with Crippen LogP contribution in [0.1, 0.15) is 30.5 Å². The smallest absolute Gasteiger partial charge is 0.282 e. The third-order valence-electron chi connectivity index (χ3n) is 6.00. The Morgan fingerprint density at radius 1 is 0.906 bits per heavy atom. The fourth-order valence-corrected chi connectivity index (χ4v) is 4.39. The first-order chi connectivity index (χ1) is 15.3. The first-order valence-electron chi connectivity index (χ1n) is 11.2. The number of amides is 2. The molecule has 2 aliphatic heterocycles. The highest BCUT2D eigenvalue weighted by molar-refractivity contribution is 6.45. The van der Waals surface area contributed by atoms with Gasteiger partial charge in [-0.25, -0.2) is 4.90 Å². The Labute approximate surface area is 190 Å². The zero-order valence-electron chi connectivity index (χ0n) is 19.5. The molecule has 2 aromatic rings. The molecule has 0 aliphatic carbocycles. The van der Waals surface area contributed by atoms with Crippen molar-refractivity contribution in [1.82, 2.24) is 9.80 Å². The van der Waals surface area contributed by atoms with E-state index in [2.05, 4.69) is 22.9 Å². The van der Waals surface area contributed by atoms with E-state index in [0.717, 1.165) is 29.8 Å². The van der Waals surface area contributed by atoms with Crippen molar-refractivity contribution < 1.29 is 14.3 Å². The molecule has 1 saturated heterocycles. The summed E-state index contributed by atoms with van der Waals surface area (Å²) in [6.07, 6.45) is -0.0761. The molecule has 2 heterocycles. The maximum atomic E-state index is 13.9. The highest BCUT2D eigenvalue weighted by Gasteiger charge is 2.44. The number of piperazine rings is 1. The van der Waals surface area contributed by atoms with Crippen LogP contribution < -0.4 is 9.64 Å². The fourth-order valence-electron chi connectivity index (χ4n) is 4.39. The van der Waals surface area contributed by atoms with Gasteiger partial charge >= 0.3 is 0 Å². The van der Waals surface area contributed by atoms with Gasteiger partial charge in [-0.05, 0) is 58.0 Å². The van der Waals surface area contributed by atoms with Gasteiger partial charge in [0.25, 0.3) is 11.8 Å². The van der Waals surface area contributed by atoms with Crippen molar-refractivity contribution in [2.45, 2.75) is 33.8 Å². The molecule has 2 aliphatic rings. The second-order valence-electron chi connectivity index (χ2n) is 8.91. The molecule has 0 radical (unpaired) electrons. The molecule has 0 saturated carbocycles. The van der Waals surface area contributed by atoms with Gasteiger partial charge in [0, 0.05) is 26.2 Å². The van der Waals surface area contributed by atoms with Crippen molar-refractivity contribution in [3.8, 4) is 5.75 Å². The van der Waals surface area contributed by atoms with E-state index in [1.165, 1.54) is 4.90 Å². The molecule has 0 aromatic heterocycles. The number of hydrogen-bond acceptors (Lipinski definition) is 5. The molecule has 6 nitrogen and oxygen atoms in total. The van der Waals surface area contributed by atoms with Crippen molar-refractivity contribution in [3.05, 3.63) is 64.9 Å². The molecule has 6 heteroatoms. The molecule has 1 fully saturated rings. The lowest BCUT2D eigenvalue weighted by Crippen LogP contribution is -2.46. The number of hydrogen-bond donors (Lipinski definition) is 0. The van der Waals surface area contributed by atoms with E-state index in [4.69, 9.17) is 4.74 Å². The maximum absolute atomic E-state index is 13.9. The zero-order chi connectivity index (χ0) is 23.0. The van der Waals surface area contributed by atoms with Crippen LogP contribution in [0.5, 0.6) is 5.75 Å². The lowest BCUT2D eigenvalue weighted by molar-refractivity contribution is -0.120. The van der Waals surface area contributed by atoms with Crippen LogP contribution in [0.25, 0.3) is 5.57 Å². The van der Waals surface area contributed by atoms with Crippen LogP contribution in [-0.4, -0.2) is 60.9 Å². The van der Waals surface area contributed by atoms with Crippen LogP contribution in [0.4, 0.5) is 5.69 Å². The molecule has 0 N–H and O–H groups in total. The van der Waals surface area contributed by atoms with Crippen LogP contribution in [0.15, 0.2) is 48.2 Å². The third kappa shape index (κ3) is 4.02. The summed E-state index contributed by atoms with van der Waals surface area (Å²) in [6.45, 7) is 11.0. The number of likely N-dealkylation sites (N-methyl/N-ethyl adjacent to an activating group) is 1. The summed E-state index contributed by atoms with van der Waals surface area (Å²) in [5, 5.41) is 0. The van der Waals surface area contributed by atoms with Gasteiger partial charge in [0.15, 0.2) is 0 Å². The third-order valence-corrected chi connectivity index (χ3v) is 6.00. The summed E-state index contributed by atoms with van der Waals surface area (Å²) in [7, 11) is 2.07. The molecule has 2 amide bonds. The number of benzene rings is 2. The Bertz CT molecular complexity index is 1080. The number of aryl methyl sites for hydroxylation is 2. The predicted molar refractivity (Wildman–Crippen MR) is 127 cm³/mol. The summed E-state index contributed by atoms with van der Waals surface area (Å²) < 4.78 is 5.94. The second kappa shape index (κ2) is 8.79. The molecule has 4 rings (SSSR count). The van der Waals surface area contributed by atoms with E-state index in [1.807, 2.05) is 52.0 Å². The Morgan fingerprint density at radius 3 is 2.25 bits per heavy atom. The summed E-state index contributed by atoms with van der Waals surface area (Å²) in [5.74, 6) is -0.0474. The quantitative estimate of drug-likeness (QED) is 0.674. The second-order valence-corrected chi connectivity index (χ2v) is 8.91. The van der Waals surface area contributed by atoms with Gasteiger partial charge in [0.1, 0.15) is 11.4 Å². The van der Waals surface area contributed by atoms with Gasteiger partial charge in [-0.2, -0.15) is 0 Å². The van der Waals surface area contributed by atoms with Gasteiger partial charge in [0.05, 0.1) is 17.4 Å². The van der Waals surface area contributed by atoms with Crippen molar-refractivity contribution in [3.63, 3.8) is 0 Å². The molecular formula is C26H31N3O3. The van der Waals surface area contributed by atoms with Crippen LogP contribution in [0.3, 0.4) is 0 Å². The van der Waals surface area contributed by atoms with E-state index in [-0.39, 0.29) is 17.9 Å². The number of carbonyl (C=O) groups excluding carboxylic acids is 2. The van der Waals surface area contributed by atoms with E-state index in [9.17, 15) is 9.59 Å². The molecule has 0 atom stereocenters. The van der Waals surface area contributed by atoms with Gasteiger partial charge in [-0.3, -0.25) is 9.59 Å². The van der Waals surface area contributed by atoms with Crippen LogP contribution in [0, 0.1) is 13.8 Å². The highest BCUT2D eigenvalue weighted by atomic mass is 16.5.